The van der Waals surface area contributed by atoms with Gasteiger partial charge in [-0.05, 0) is 39.9 Å². The van der Waals surface area contributed by atoms with Gasteiger partial charge in [0.25, 0.3) is 0 Å². The number of hydrogen-bond acceptors (Lipinski definition) is 3. The molecule has 0 aromatic carbocycles. The molecular weight excluding hydrogens is 236 g/mol. The first-order valence-corrected chi connectivity index (χ1v) is 7.38. The lowest BCUT2D eigenvalue weighted by Gasteiger charge is -2.47. The standard InChI is InChI=1S/C15H28N4/c1-12-10-13(19(4)17-12)11-14(16)15(18(2)3)8-6-5-7-9-15/h10,14H,5-9,11,16H2,1-4H3. The van der Waals surface area contributed by atoms with E-state index < -0.39 is 0 Å². The third kappa shape index (κ3) is 2.84. The van der Waals surface area contributed by atoms with Gasteiger partial charge in [0.2, 0.25) is 0 Å². The summed E-state index contributed by atoms with van der Waals surface area (Å²) in [4.78, 5) is 2.36. The Morgan fingerprint density at radius 2 is 2.00 bits per heavy atom. The fourth-order valence-corrected chi connectivity index (χ4v) is 3.58. The minimum atomic E-state index is 0.163. The van der Waals surface area contributed by atoms with Gasteiger partial charge in [0.05, 0.1) is 5.69 Å². The molecular formula is C15H28N4. The highest BCUT2D eigenvalue weighted by Crippen LogP contribution is 2.35. The first-order valence-electron chi connectivity index (χ1n) is 7.38. The molecule has 0 aliphatic heterocycles. The Morgan fingerprint density at radius 1 is 1.37 bits per heavy atom. The second-order valence-electron chi connectivity index (χ2n) is 6.27. The second-order valence-corrected chi connectivity index (χ2v) is 6.27. The number of nitrogens with zero attached hydrogens (tertiary/aromatic N) is 3. The third-order valence-electron chi connectivity index (χ3n) is 4.83. The molecule has 1 aromatic rings. The predicted octanol–water partition coefficient (Wildman–Crippen LogP) is 1.86. The molecule has 1 saturated carbocycles. The van der Waals surface area contributed by atoms with Gasteiger partial charge in [-0.25, -0.2) is 0 Å². The molecule has 0 saturated heterocycles. The maximum atomic E-state index is 6.61. The predicted molar refractivity (Wildman–Crippen MR) is 79.1 cm³/mol. The molecule has 0 bridgehead atoms. The minimum absolute atomic E-state index is 0.163. The Kier molecular flexibility index (Phi) is 4.31. The van der Waals surface area contributed by atoms with E-state index >= 15 is 0 Å². The van der Waals surface area contributed by atoms with Gasteiger partial charge in [-0.3, -0.25) is 4.68 Å². The highest BCUT2D eigenvalue weighted by atomic mass is 15.3. The third-order valence-corrected chi connectivity index (χ3v) is 4.83. The summed E-state index contributed by atoms with van der Waals surface area (Å²) in [5.74, 6) is 0. The maximum absolute atomic E-state index is 6.61. The summed E-state index contributed by atoms with van der Waals surface area (Å²) in [5, 5.41) is 4.42. The Bertz CT molecular complexity index is 416. The first-order chi connectivity index (χ1) is 8.95. The maximum Gasteiger partial charge on any atom is 0.0596 e. The Labute approximate surface area is 117 Å². The van der Waals surface area contributed by atoms with Crippen molar-refractivity contribution in [1.82, 2.24) is 14.7 Å². The molecule has 1 fully saturated rings. The molecule has 19 heavy (non-hydrogen) atoms. The number of hydrogen-bond donors (Lipinski definition) is 1. The van der Waals surface area contributed by atoms with E-state index in [1.165, 1.54) is 37.8 Å². The van der Waals surface area contributed by atoms with Crippen LogP contribution in [0, 0.1) is 6.92 Å². The van der Waals surface area contributed by atoms with Gasteiger partial charge in [0, 0.05) is 30.7 Å². The number of rotatable bonds is 4. The molecule has 2 rings (SSSR count). The van der Waals surface area contributed by atoms with Crippen molar-refractivity contribution in [2.45, 2.75) is 57.0 Å². The van der Waals surface area contributed by atoms with Crippen LogP contribution in [0.3, 0.4) is 0 Å². The van der Waals surface area contributed by atoms with Crippen LogP contribution in [0.1, 0.15) is 43.5 Å². The fraction of sp³-hybridized carbons (Fsp3) is 0.800. The fourth-order valence-electron chi connectivity index (χ4n) is 3.58. The smallest absolute Gasteiger partial charge is 0.0596 e. The molecule has 108 valence electrons. The van der Waals surface area contributed by atoms with Crippen LogP contribution in [-0.2, 0) is 13.5 Å². The Hall–Kier alpha value is -0.870. The summed E-state index contributed by atoms with van der Waals surface area (Å²) in [6, 6.07) is 2.34. The van der Waals surface area contributed by atoms with E-state index in [0.717, 1.165) is 12.1 Å². The molecule has 4 nitrogen and oxygen atoms in total. The van der Waals surface area contributed by atoms with Gasteiger partial charge >= 0.3 is 0 Å². The summed E-state index contributed by atoms with van der Waals surface area (Å²) < 4.78 is 1.97. The first kappa shape index (κ1) is 14.5. The Morgan fingerprint density at radius 3 is 2.47 bits per heavy atom. The van der Waals surface area contributed by atoms with Crippen LogP contribution in [0.5, 0.6) is 0 Å². The van der Waals surface area contributed by atoms with Crippen LogP contribution in [0.4, 0.5) is 0 Å². The van der Waals surface area contributed by atoms with Crippen LogP contribution in [0.2, 0.25) is 0 Å². The normalized spacial score (nSPS) is 20.7. The molecule has 1 aromatic heterocycles. The summed E-state index contributed by atoms with van der Waals surface area (Å²) >= 11 is 0. The molecule has 0 amide bonds. The number of likely N-dealkylation sites (N-methyl/N-ethyl adjacent to an activating group) is 1. The van der Waals surface area contributed by atoms with Crippen molar-refractivity contribution in [2.75, 3.05) is 14.1 Å². The van der Waals surface area contributed by atoms with E-state index in [2.05, 4.69) is 30.2 Å². The lowest BCUT2D eigenvalue weighted by atomic mass is 9.74. The van der Waals surface area contributed by atoms with Crippen molar-refractivity contribution in [1.29, 1.82) is 0 Å². The quantitative estimate of drug-likeness (QED) is 0.903. The molecule has 1 aliphatic carbocycles. The molecule has 4 heteroatoms. The number of nitrogens with two attached hydrogens (primary N) is 1. The van der Waals surface area contributed by atoms with E-state index in [9.17, 15) is 0 Å². The van der Waals surface area contributed by atoms with Gasteiger partial charge in [0.1, 0.15) is 0 Å². The van der Waals surface area contributed by atoms with Crippen LogP contribution in [-0.4, -0.2) is 40.4 Å². The van der Waals surface area contributed by atoms with E-state index in [0.29, 0.717) is 0 Å². The minimum Gasteiger partial charge on any atom is -0.326 e. The second kappa shape index (κ2) is 5.63. The summed E-state index contributed by atoms with van der Waals surface area (Å²) in [5.41, 5.74) is 9.10. The molecule has 2 N–H and O–H groups in total. The molecule has 1 unspecified atom stereocenters. The van der Waals surface area contributed by atoms with Gasteiger partial charge in [-0.2, -0.15) is 5.10 Å². The van der Waals surface area contributed by atoms with Crippen LogP contribution >= 0.6 is 0 Å². The molecule has 1 aliphatic rings. The lowest BCUT2D eigenvalue weighted by molar-refractivity contribution is 0.0709. The highest BCUT2D eigenvalue weighted by molar-refractivity contribution is 5.13. The van der Waals surface area contributed by atoms with Crippen molar-refractivity contribution < 1.29 is 0 Å². The van der Waals surface area contributed by atoms with Crippen molar-refractivity contribution in [3.63, 3.8) is 0 Å². The van der Waals surface area contributed by atoms with E-state index in [-0.39, 0.29) is 11.6 Å². The van der Waals surface area contributed by atoms with Gasteiger partial charge in [-0.1, -0.05) is 19.3 Å². The van der Waals surface area contributed by atoms with Crippen molar-refractivity contribution in [2.24, 2.45) is 12.8 Å². The molecule has 0 radical (unpaired) electrons. The average Bonchev–Trinajstić information content (AvgIpc) is 2.68. The van der Waals surface area contributed by atoms with Crippen LogP contribution in [0.15, 0.2) is 6.07 Å². The monoisotopic (exact) mass is 264 g/mol. The average molecular weight is 264 g/mol. The van der Waals surface area contributed by atoms with Crippen molar-refractivity contribution in [3.05, 3.63) is 17.5 Å². The zero-order valence-corrected chi connectivity index (χ0v) is 12.8. The topological polar surface area (TPSA) is 47.1 Å². The van der Waals surface area contributed by atoms with E-state index in [4.69, 9.17) is 5.73 Å². The summed E-state index contributed by atoms with van der Waals surface area (Å²) in [6.07, 6.45) is 7.31. The largest absolute Gasteiger partial charge is 0.326 e. The van der Waals surface area contributed by atoms with Gasteiger partial charge in [-0.15, -0.1) is 0 Å². The SMILES string of the molecule is Cc1cc(CC(N)C2(N(C)C)CCCCC2)n(C)n1. The van der Waals surface area contributed by atoms with Crippen LogP contribution in [0.25, 0.3) is 0 Å². The van der Waals surface area contributed by atoms with Crippen molar-refractivity contribution >= 4 is 0 Å². The summed E-state index contributed by atoms with van der Waals surface area (Å²) in [7, 11) is 6.37. The number of aryl methyl sites for hydroxylation is 2. The summed E-state index contributed by atoms with van der Waals surface area (Å²) in [6.45, 7) is 2.04. The van der Waals surface area contributed by atoms with E-state index in [1.807, 2.05) is 18.7 Å². The van der Waals surface area contributed by atoms with Crippen molar-refractivity contribution in [3.8, 4) is 0 Å². The van der Waals surface area contributed by atoms with Crippen LogP contribution < -0.4 is 5.73 Å². The molecule has 1 heterocycles. The zero-order valence-electron chi connectivity index (χ0n) is 12.8. The van der Waals surface area contributed by atoms with Gasteiger partial charge < -0.3 is 10.6 Å². The lowest BCUT2D eigenvalue weighted by Crippen LogP contribution is -2.59. The van der Waals surface area contributed by atoms with Gasteiger partial charge in [0.15, 0.2) is 0 Å². The Balaban J connectivity index is 2.16. The number of aromatic nitrogens is 2. The van der Waals surface area contributed by atoms with E-state index in [1.54, 1.807) is 0 Å². The highest BCUT2D eigenvalue weighted by Gasteiger charge is 2.40. The zero-order chi connectivity index (χ0) is 14.0. The molecule has 0 spiro atoms. The molecule has 1 atom stereocenters.